The van der Waals surface area contributed by atoms with Gasteiger partial charge in [-0.1, -0.05) is 31.2 Å². The molecule has 5 N–H and O–H groups in total. The lowest BCUT2D eigenvalue weighted by Crippen LogP contribution is -2.21. The first-order valence-corrected chi connectivity index (χ1v) is 11.0. The summed E-state index contributed by atoms with van der Waals surface area (Å²) in [7, 11) is 0. The third kappa shape index (κ3) is 6.92. The number of nitrogens with two attached hydrogens (primary N) is 1. The Morgan fingerprint density at radius 2 is 1.72 bits per heavy atom. The van der Waals surface area contributed by atoms with Crippen molar-refractivity contribution >= 4 is 34.8 Å². The van der Waals surface area contributed by atoms with E-state index in [0.717, 1.165) is 12.1 Å². The molecule has 0 unspecified atom stereocenters. The van der Waals surface area contributed by atoms with Crippen LogP contribution in [-0.4, -0.2) is 22.9 Å². The number of phenols is 1. The predicted molar refractivity (Wildman–Crippen MR) is 135 cm³/mol. The third-order valence-electron chi connectivity index (χ3n) is 5.32. The second-order valence-electron chi connectivity index (χ2n) is 8.09. The highest BCUT2D eigenvalue weighted by atomic mass is 19.1. The van der Waals surface area contributed by atoms with Gasteiger partial charge < -0.3 is 20.9 Å². The average Bonchev–Trinajstić information content (AvgIpc) is 2.84. The van der Waals surface area contributed by atoms with Gasteiger partial charge in [-0.2, -0.15) is 0 Å². The SMILES string of the molecule is CC(=O)c1ccc(NC(=O)O[C@H](c2ccc(O)c(F)c2)[C@@H](C)/C=C/C(=O)Nc2ccccc2N)cc1. The highest BCUT2D eigenvalue weighted by molar-refractivity contribution is 6.01. The van der Waals surface area contributed by atoms with Gasteiger partial charge in [0.1, 0.15) is 6.10 Å². The Morgan fingerprint density at radius 1 is 1.03 bits per heavy atom. The number of carbonyl (C=O) groups is 3. The predicted octanol–water partition coefficient (Wildman–Crippen LogP) is 5.44. The van der Waals surface area contributed by atoms with Crippen molar-refractivity contribution in [2.75, 3.05) is 16.4 Å². The molecule has 8 nitrogen and oxygen atoms in total. The van der Waals surface area contributed by atoms with Crippen molar-refractivity contribution < 1.29 is 28.6 Å². The number of anilines is 3. The highest BCUT2D eigenvalue weighted by Crippen LogP contribution is 2.30. The Hall–Kier alpha value is -4.66. The van der Waals surface area contributed by atoms with E-state index in [1.165, 1.54) is 25.1 Å². The van der Waals surface area contributed by atoms with Crippen molar-refractivity contribution in [2.45, 2.75) is 20.0 Å². The van der Waals surface area contributed by atoms with Gasteiger partial charge in [-0.3, -0.25) is 14.9 Å². The third-order valence-corrected chi connectivity index (χ3v) is 5.32. The number of ether oxygens (including phenoxy) is 1. The lowest BCUT2D eigenvalue weighted by molar-refractivity contribution is -0.111. The fraction of sp³-hybridized carbons (Fsp3) is 0.148. The quantitative estimate of drug-likeness (QED) is 0.189. The topological polar surface area (TPSA) is 131 Å². The molecule has 2 atom stereocenters. The summed E-state index contributed by atoms with van der Waals surface area (Å²) in [6.45, 7) is 3.12. The minimum absolute atomic E-state index is 0.113. The van der Waals surface area contributed by atoms with E-state index >= 15 is 0 Å². The Labute approximate surface area is 207 Å². The van der Waals surface area contributed by atoms with Gasteiger partial charge in [-0.05, 0) is 67.1 Å². The molecule has 36 heavy (non-hydrogen) atoms. The first-order chi connectivity index (χ1) is 17.1. The standard InChI is InChI=1S/C27H26FN3O5/c1-16(7-14-25(34)31-23-6-4-3-5-22(23)29)26(19-10-13-24(33)21(28)15-19)36-27(35)30-20-11-8-18(9-12-20)17(2)32/h3-16,26,33H,29H2,1-2H3,(H,30,35)(H,31,34)/b14-7+/t16-,26-/m0/s1. The van der Waals surface area contributed by atoms with Crippen molar-refractivity contribution in [3.8, 4) is 5.75 Å². The van der Waals surface area contributed by atoms with Crippen LogP contribution in [0.5, 0.6) is 5.75 Å². The second kappa shape index (κ2) is 11.7. The van der Waals surface area contributed by atoms with E-state index in [9.17, 15) is 23.9 Å². The number of hydrogen-bond donors (Lipinski definition) is 4. The number of carbonyl (C=O) groups excluding carboxylic acids is 3. The van der Waals surface area contributed by atoms with Gasteiger partial charge in [0.2, 0.25) is 5.91 Å². The number of aromatic hydroxyl groups is 1. The fourth-order valence-corrected chi connectivity index (χ4v) is 3.36. The summed E-state index contributed by atoms with van der Waals surface area (Å²) in [5, 5.41) is 14.8. The molecule has 0 aromatic heterocycles. The number of Topliss-reactive ketones (excluding diaryl/α,β-unsaturated/α-hetero) is 1. The minimum atomic E-state index is -0.998. The summed E-state index contributed by atoms with van der Waals surface area (Å²) < 4.78 is 19.6. The zero-order chi connectivity index (χ0) is 26.2. The van der Waals surface area contributed by atoms with Gasteiger partial charge in [-0.15, -0.1) is 0 Å². The first kappa shape index (κ1) is 26.0. The maximum atomic E-state index is 14.1. The number of nitrogen functional groups attached to an aromatic ring is 1. The van der Waals surface area contributed by atoms with Crippen LogP contribution in [0.2, 0.25) is 0 Å². The van der Waals surface area contributed by atoms with Crippen LogP contribution in [0.1, 0.15) is 35.9 Å². The van der Waals surface area contributed by atoms with E-state index in [4.69, 9.17) is 10.5 Å². The van der Waals surface area contributed by atoms with Crippen LogP contribution in [-0.2, 0) is 9.53 Å². The van der Waals surface area contributed by atoms with E-state index in [1.807, 2.05) is 0 Å². The van der Waals surface area contributed by atoms with Crippen LogP contribution in [0.15, 0.2) is 78.9 Å². The van der Waals surface area contributed by atoms with E-state index in [0.29, 0.717) is 22.6 Å². The Morgan fingerprint density at radius 3 is 2.36 bits per heavy atom. The fourth-order valence-electron chi connectivity index (χ4n) is 3.36. The highest BCUT2D eigenvalue weighted by Gasteiger charge is 2.24. The molecule has 3 rings (SSSR count). The zero-order valence-electron chi connectivity index (χ0n) is 19.7. The molecule has 0 spiro atoms. The molecular formula is C27H26FN3O5. The molecule has 9 heteroatoms. The molecule has 186 valence electrons. The Balaban J connectivity index is 1.76. The molecule has 0 aliphatic heterocycles. The van der Waals surface area contributed by atoms with Gasteiger partial charge in [-0.25, -0.2) is 9.18 Å². The lowest BCUT2D eigenvalue weighted by atomic mass is 9.96. The number of phenolic OH excluding ortho intramolecular Hbond substituents is 1. The largest absolute Gasteiger partial charge is 0.505 e. The molecule has 0 aliphatic rings. The molecule has 0 saturated heterocycles. The molecule has 0 fully saturated rings. The molecule has 0 saturated carbocycles. The number of ketones is 1. The van der Waals surface area contributed by atoms with Crippen molar-refractivity contribution in [3.63, 3.8) is 0 Å². The van der Waals surface area contributed by atoms with E-state index in [2.05, 4.69) is 10.6 Å². The number of para-hydroxylation sites is 2. The van der Waals surface area contributed by atoms with Crippen molar-refractivity contribution in [2.24, 2.45) is 5.92 Å². The number of hydrogen-bond acceptors (Lipinski definition) is 6. The van der Waals surface area contributed by atoms with Crippen LogP contribution in [0.4, 0.5) is 26.2 Å². The van der Waals surface area contributed by atoms with Gasteiger partial charge in [0.05, 0.1) is 11.4 Å². The van der Waals surface area contributed by atoms with E-state index in [-0.39, 0.29) is 11.3 Å². The number of nitrogens with one attached hydrogen (secondary N) is 2. The Bertz CT molecular complexity index is 1290. The summed E-state index contributed by atoms with van der Waals surface area (Å²) in [5.41, 5.74) is 7.85. The molecule has 2 amide bonds. The molecule has 3 aromatic carbocycles. The summed E-state index contributed by atoms with van der Waals surface area (Å²) in [4.78, 5) is 36.4. The van der Waals surface area contributed by atoms with E-state index < -0.39 is 35.6 Å². The normalized spacial score (nSPS) is 12.5. The minimum Gasteiger partial charge on any atom is -0.505 e. The van der Waals surface area contributed by atoms with Crippen LogP contribution in [0.3, 0.4) is 0 Å². The number of halogens is 1. The van der Waals surface area contributed by atoms with Gasteiger partial charge in [0.15, 0.2) is 17.3 Å². The number of amides is 2. The van der Waals surface area contributed by atoms with E-state index in [1.54, 1.807) is 55.5 Å². The molecule has 0 radical (unpaired) electrons. The average molecular weight is 492 g/mol. The van der Waals surface area contributed by atoms with Crippen LogP contribution >= 0.6 is 0 Å². The number of benzene rings is 3. The summed E-state index contributed by atoms with van der Waals surface area (Å²) in [6.07, 6.45) is 0.954. The molecule has 0 bridgehead atoms. The summed E-state index contributed by atoms with van der Waals surface area (Å²) in [6, 6.07) is 16.6. The van der Waals surface area contributed by atoms with Crippen molar-refractivity contribution in [3.05, 3.63) is 95.8 Å². The monoisotopic (exact) mass is 491 g/mol. The summed E-state index contributed by atoms with van der Waals surface area (Å²) in [5.74, 6) is -2.56. The van der Waals surface area contributed by atoms with Crippen molar-refractivity contribution in [1.82, 2.24) is 0 Å². The molecule has 0 aliphatic carbocycles. The summed E-state index contributed by atoms with van der Waals surface area (Å²) >= 11 is 0. The lowest BCUT2D eigenvalue weighted by Gasteiger charge is -2.23. The van der Waals surface area contributed by atoms with Gasteiger partial charge in [0.25, 0.3) is 0 Å². The maximum Gasteiger partial charge on any atom is 0.412 e. The van der Waals surface area contributed by atoms with Gasteiger partial charge >= 0.3 is 6.09 Å². The van der Waals surface area contributed by atoms with Crippen LogP contribution < -0.4 is 16.4 Å². The van der Waals surface area contributed by atoms with Crippen LogP contribution in [0, 0.1) is 11.7 Å². The number of rotatable bonds is 8. The maximum absolute atomic E-state index is 14.1. The van der Waals surface area contributed by atoms with Crippen LogP contribution in [0.25, 0.3) is 0 Å². The Kier molecular flexibility index (Phi) is 8.40. The molecule has 3 aromatic rings. The first-order valence-electron chi connectivity index (χ1n) is 11.0. The smallest absolute Gasteiger partial charge is 0.412 e. The zero-order valence-corrected chi connectivity index (χ0v) is 19.7. The molecular weight excluding hydrogens is 465 g/mol. The molecule has 0 heterocycles. The second-order valence-corrected chi connectivity index (χ2v) is 8.09. The van der Waals surface area contributed by atoms with Gasteiger partial charge in [0, 0.05) is 17.2 Å². The van der Waals surface area contributed by atoms with Crippen molar-refractivity contribution in [1.29, 1.82) is 0 Å².